The molecule has 0 radical (unpaired) electrons. The molecule has 1 rings (SSSR count). The van der Waals surface area contributed by atoms with Gasteiger partial charge < -0.3 is 10.2 Å². The Bertz CT molecular complexity index is 382. The molecule has 0 bridgehead atoms. The molecule has 92 valence electrons. The van der Waals surface area contributed by atoms with E-state index in [4.69, 9.17) is 5.11 Å². The number of aliphatic hydroxyl groups excluding tert-OH is 1. The summed E-state index contributed by atoms with van der Waals surface area (Å²) < 4.78 is 0. The molecule has 1 aromatic rings. The summed E-state index contributed by atoms with van der Waals surface area (Å²) in [6.45, 7) is 3.58. The molecule has 2 N–H and O–H groups in total. The third-order valence-electron chi connectivity index (χ3n) is 2.66. The van der Waals surface area contributed by atoms with Gasteiger partial charge in [-0.05, 0) is 11.5 Å². The highest BCUT2D eigenvalue weighted by Crippen LogP contribution is 2.17. The van der Waals surface area contributed by atoms with Gasteiger partial charge in [-0.25, -0.2) is 0 Å². The van der Waals surface area contributed by atoms with Crippen LogP contribution < -0.4 is 0 Å². The Labute approximate surface area is 101 Å². The molecule has 0 aliphatic carbocycles. The smallest absolute Gasteiger partial charge is 0.309 e. The Kier molecular flexibility index (Phi) is 4.91. The first kappa shape index (κ1) is 13.5. The van der Waals surface area contributed by atoms with Crippen molar-refractivity contribution in [2.45, 2.75) is 20.0 Å². The number of hydrogen-bond donors (Lipinski definition) is 2. The topological polar surface area (TPSA) is 57.5 Å². The van der Waals surface area contributed by atoms with E-state index in [-0.39, 0.29) is 5.92 Å². The van der Waals surface area contributed by atoms with Crippen LogP contribution in [0.5, 0.6) is 0 Å². The van der Waals surface area contributed by atoms with E-state index in [0.717, 1.165) is 5.56 Å². The van der Waals surface area contributed by atoms with Crippen molar-refractivity contribution in [1.82, 2.24) is 0 Å². The van der Waals surface area contributed by atoms with Crippen molar-refractivity contribution >= 4 is 12.0 Å². The number of aliphatic hydroxyl groups is 1. The van der Waals surface area contributed by atoms with E-state index in [1.54, 1.807) is 19.9 Å². The van der Waals surface area contributed by atoms with Crippen molar-refractivity contribution in [3.63, 3.8) is 0 Å². The SMILES string of the molecule is CC(C)C(C(=O)O)C(O)/C=C/c1ccccc1. The lowest BCUT2D eigenvalue weighted by molar-refractivity contribution is -0.146. The molecule has 1 aromatic carbocycles. The molecule has 3 heteroatoms. The molecule has 0 aliphatic heterocycles. The van der Waals surface area contributed by atoms with Crippen molar-refractivity contribution in [3.8, 4) is 0 Å². The third kappa shape index (κ3) is 4.04. The monoisotopic (exact) mass is 234 g/mol. The highest BCUT2D eigenvalue weighted by Gasteiger charge is 2.27. The van der Waals surface area contributed by atoms with E-state index < -0.39 is 18.0 Å². The highest BCUT2D eigenvalue weighted by molar-refractivity contribution is 5.71. The van der Waals surface area contributed by atoms with Crippen LogP contribution in [0.4, 0.5) is 0 Å². The van der Waals surface area contributed by atoms with Gasteiger partial charge in [0.15, 0.2) is 0 Å². The van der Waals surface area contributed by atoms with E-state index >= 15 is 0 Å². The van der Waals surface area contributed by atoms with Crippen LogP contribution in [-0.4, -0.2) is 22.3 Å². The molecule has 0 spiro atoms. The Morgan fingerprint density at radius 3 is 2.29 bits per heavy atom. The third-order valence-corrected chi connectivity index (χ3v) is 2.66. The van der Waals surface area contributed by atoms with Gasteiger partial charge in [0.2, 0.25) is 0 Å². The summed E-state index contributed by atoms with van der Waals surface area (Å²) in [5.41, 5.74) is 0.944. The molecular formula is C14H18O3. The fourth-order valence-corrected chi connectivity index (χ4v) is 1.72. The zero-order valence-corrected chi connectivity index (χ0v) is 10.1. The van der Waals surface area contributed by atoms with Gasteiger partial charge in [0.05, 0.1) is 12.0 Å². The Morgan fingerprint density at radius 2 is 1.82 bits per heavy atom. The first-order valence-corrected chi connectivity index (χ1v) is 5.66. The minimum Gasteiger partial charge on any atom is -0.481 e. The normalized spacial score (nSPS) is 15.1. The lowest BCUT2D eigenvalue weighted by Crippen LogP contribution is -2.31. The molecule has 0 saturated carbocycles. The summed E-state index contributed by atoms with van der Waals surface area (Å²) in [6, 6.07) is 9.48. The lowest BCUT2D eigenvalue weighted by atomic mass is 9.90. The summed E-state index contributed by atoms with van der Waals surface area (Å²) in [7, 11) is 0. The summed E-state index contributed by atoms with van der Waals surface area (Å²) in [5.74, 6) is -1.84. The van der Waals surface area contributed by atoms with Crippen molar-refractivity contribution in [1.29, 1.82) is 0 Å². The van der Waals surface area contributed by atoms with Crippen LogP contribution in [0.2, 0.25) is 0 Å². The van der Waals surface area contributed by atoms with Crippen molar-refractivity contribution in [2.24, 2.45) is 11.8 Å². The van der Waals surface area contributed by atoms with Crippen LogP contribution in [0.15, 0.2) is 36.4 Å². The van der Waals surface area contributed by atoms with Crippen molar-refractivity contribution < 1.29 is 15.0 Å². The first-order valence-electron chi connectivity index (χ1n) is 5.66. The quantitative estimate of drug-likeness (QED) is 0.822. The van der Waals surface area contributed by atoms with Crippen LogP contribution in [0.1, 0.15) is 19.4 Å². The number of carboxylic acids is 1. The maximum absolute atomic E-state index is 11.0. The van der Waals surface area contributed by atoms with Crippen LogP contribution in [0.3, 0.4) is 0 Å². The minimum atomic E-state index is -0.967. The average Bonchev–Trinajstić information content (AvgIpc) is 2.27. The van der Waals surface area contributed by atoms with Crippen LogP contribution in [-0.2, 0) is 4.79 Å². The first-order chi connectivity index (χ1) is 8.02. The largest absolute Gasteiger partial charge is 0.481 e. The van der Waals surface area contributed by atoms with E-state index in [1.807, 2.05) is 30.3 Å². The Morgan fingerprint density at radius 1 is 1.24 bits per heavy atom. The number of hydrogen-bond acceptors (Lipinski definition) is 2. The summed E-state index contributed by atoms with van der Waals surface area (Å²) >= 11 is 0. The number of aliphatic carboxylic acids is 1. The fraction of sp³-hybridized carbons (Fsp3) is 0.357. The second-order valence-electron chi connectivity index (χ2n) is 4.37. The maximum atomic E-state index is 11.0. The molecule has 0 fully saturated rings. The molecule has 2 atom stereocenters. The predicted octanol–water partition coefficient (Wildman–Crippen LogP) is 2.42. The number of benzene rings is 1. The summed E-state index contributed by atoms with van der Waals surface area (Å²) in [5, 5.41) is 18.9. The molecule has 2 unspecified atom stereocenters. The standard InChI is InChI=1S/C14H18O3/c1-10(2)13(14(16)17)12(15)9-8-11-6-4-3-5-7-11/h3-10,12-13,15H,1-2H3,(H,16,17)/b9-8+. The van der Waals surface area contributed by atoms with Gasteiger partial charge in [0.1, 0.15) is 0 Å². The fourth-order valence-electron chi connectivity index (χ4n) is 1.72. The second kappa shape index (κ2) is 6.21. The minimum absolute atomic E-state index is 0.108. The summed E-state index contributed by atoms with van der Waals surface area (Å²) in [6.07, 6.45) is 2.31. The molecule has 0 aliphatic rings. The van der Waals surface area contributed by atoms with Gasteiger partial charge in [-0.15, -0.1) is 0 Å². The maximum Gasteiger partial charge on any atom is 0.309 e. The molecule has 0 saturated heterocycles. The van der Waals surface area contributed by atoms with Gasteiger partial charge in [-0.3, -0.25) is 4.79 Å². The lowest BCUT2D eigenvalue weighted by Gasteiger charge is -2.19. The molecule has 3 nitrogen and oxygen atoms in total. The van der Waals surface area contributed by atoms with E-state index in [1.165, 1.54) is 6.08 Å². The van der Waals surface area contributed by atoms with Crippen LogP contribution >= 0.6 is 0 Å². The van der Waals surface area contributed by atoms with Crippen LogP contribution in [0.25, 0.3) is 6.08 Å². The van der Waals surface area contributed by atoms with E-state index in [2.05, 4.69) is 0 Å². The van der Waals surface area contributed by atoms with E-state index in [9.17, 15) is 9.90 Å². The van der Waals surface area contributed by atoms with E-state index in [0.29, 0.717) is 0 Å². The zero-order valence-electron chi connectivity index (χ0n) is 10.1. The van der Waals surface area contributed by atoms with Gasteiger partial charge in [0.25, 0.3) is 0 Å². The van der Waals surface area contributed by atoms with Crippen LogP contribution in [0, 0.1) is 11.8 Å². The van der Waals surface area contributed by atoms with Crippen molar-refractivity contribution in [3.05, 3.63) is 42.0 Å². The van der Waals surface area contributed by atoms with Gasteiger partial charge >= 0.3 is 5.97 Å². The number of rotatable bonds is 5. The molecule has 0 amide bonds. The van der Waals surface area contributed by atoms with Gasteiger partial charge in [0, 0.05) is 0 Å². The van der Waals surface area contributed by atoms with Gasteiger partial charge in [-0.1, -0.05) is 56.3 Å². The van der Waals surface area contributed by atoms with Gasteiger partial charge in [-0.2, -0.15) is 0 Å². The van der Waals surface area contributed by atoms with Crippen molar-refractivity contribution in [2.75, 3.05) is 0 Å². The summed E-state index contributed by atoms with van der Waals surface area (Å²) in [4.78, 5) is 11.0. The average molecular weight is 234 g/mol. The predicted molar refractivity (Wildman–Crippen MR) is 67.4 cm³/mol. The highest BCUT2D eigenvalue weighted by atomic mass is 16.4. The molecule has 17 heavy (non-hydrogen) atoms. The zero-order chi connectivity index (χ0) is 12.8. The Hall–Kier alpha value is -1.61. The molecule has 0 heterocycles. The molecule has 0 aromatic heterocycles. The Balaban J connectivity index is 2.74. The second-order valence-corrected chi connectivity index (χ2v) is 4.37. The number of carbonyl (C=O) groups is 1. The number of carboxylic acid groups (broad SMARTS) is 1. The molecular weight excluding hydrogens is 216 g/mol.